The highest BCUT2D eigenvalue weighted by Gasteiger charge is 2.12. The van der Waals surface area contributed by atoms with Crippen molar-refractivity contribution in [3.8, 4) is 5.88 Å². The van der Waals surface area contributed by atoms with Gasteiger partial charge in [0.15, 0.2) is 0 Å². The molecule has 18 heavy (non-hydrogen) atoms. The van der Waals surface area contributed by atoms with Crippen LogP contribution in [0.5, 0.6) is 5.88 Å². The first kappa shape index (κ1) is 12.5. The summed E-state index contributed by atoms with van der Waals surface area (Å²) < 4.78 is 5.12. The van der Waals surface area contributed by atoms with E-state index in [4.69, 9.17) is 4.74 Å². The standard InChI is InChI=1S/C14H17N3O/c1-15-12(8-11-6-4-3-5-7-11)13-9-14(18-2)17-10-16-13/h3-7,9-10,12,15H,8H2,1-2H3. The molecule has 0 spiro atoms. The van der Waals surface area contributed by atoms with Gasteiger partial charge in [0.05, 0.1) is 18.8 Å². The lowest BCUT2D eigenvalue weighted by Crippen LogP contribution is -2.20. The zero-order valence-electron chi connectivity index (χ0n) is 10.6. The number of methoxy groups -OCH3 is 1. The van der Waals surface area contributed by atoms with E-state index in [1.54, 1.807) is 7.11 Å². The summed E-state index contributed by atoms with van der Waals surface area (Å²) in [5.41, 5.74) is 2.21. The van der Waals surface area contributed by atoms with Crippen molar-refractivity contribution in [2.45, 2.75) is 12.5 Å². The predicted octanol–water partition coefficient (Wildman–Crippen LogP) is 1.99. The maximum absolute atomic E-state index is 5.12. The van der Waals surface area contributed by atoms with Gasteiger partial charge in [-0.1, -0.05) is 30.3 Å². The molecule has 0 saturated carbocycles. The van der Waals surface area contributed by atoms with Gasteiger partial charge in [-0.25, -0.2) is 9.97 Å². The van der Waals surface area contributed by atoms with E-state index in [1.807, 2.05) is 31.3 Å². The third-order valence-corrected chi connectivity index (χ3v) is 2.86. The van der Waals surface area contributed by atoms with E-state index in [9.17, 15) is 0 Å². The largest absolute Gasteiger partial charge is 0.481 e. The smallest absolute Gasteiger partial charge is 0.216 e. The molecule has 1 N–H and O–H groups in total. The molecule has 0 saturated heterocycles. The number of nitrogens with zero attached hydrogens (tertiary/aromatic N) is 2. The number of hydrogen-bond acceptors (Lipinski definition) is 4. The molecule has 0 aliphatic rings. The molecular formula is C14H17N3O. The fourth-order valence-corrected chi connectivity index (χ4v) is 1.86. The molecule has 2 rings (SSSR count). The maximum Gasteiger partial charge on any atom is 0.216 e. The van der Waals surface area contributed by atoms with Crippen molar-refractivity contribution in [2.24, 2.45) is 0 Å². The first-order chi connectivity index (χ1) is 8.83. The van der Waals surface area contributed by atoms with E-state index in [-0.39, 0.29) is 6.04 Å². The Morgan fingerprint density at radius 1 is 1.22 bits per heavy atom. The van der Waals surface area contributed by atoms with Crippen molar-refractivity contribution < 1.29 is 4.74 Å². The van der Waals surface area contributed by atoms with Crippen LogP contribution in [-0.2, 0) is 6.42 Å². The third kappa shape index (κ3) is 3.05. The van der Waals surface area contributed by atoms with Gasteiger partial charge < -0.3 is 10.1 Å². The SMILES string of the molecule is CNC(Cc1ccccc1)c1cc(OC)ncn1. The quantitative estimate of drug-likeness (QED) is 0.872. The van der Waals surface area contributed by atoms with Crippen LogP contribution >= 0.6 is 0 Å². The number of aromatic nitrogens is 2. The Bertz CT molecular complexity index is 487. The Kier molecular flexibility index (Phi) is 4.25. The monoisotopic (exact) mass is 243 g/mol. The van der Waals surface area contributed by atoms with Gasteiger partial charge in [-0.05, 0) is 19.0 Å². The van der Waals surface area contributed by atoms with Crippen LogP contribution in [0.4, 0.5) is 0 Å². The van der Waals surface area contributed by atoms with E-state index >= 15 is 0 Å². The molecule has 0 bridgehead atoms. The van der Waals surface area contributed by atoms with Crippen molar-refractivity contribution >= 4 is 0 Å². The predicted molar refractivity (Wildman–Crippen MR) is 70.5 cm³/mol. The lowest BCUT2D eigenvalue weighted by atomic mass is 10.0. The average molecular weight is 243 g/mol. The van der Waals surface area contributed by atoms with Gasteiger partial charge in [-0.15, -0.1) is 0 Å². The van der Waals surface area contributed by atoms with Gasteiger partial charge >= 0.3 is 0 Å². The minimum atomic E-state index is 0.157. The summed E-state index contributed by atoms with van der Waals surface area (Å²) >= 11 is 0. The second-order valence-corrected chi connectivity index (χ2v) is 4.02. The number of likely N-dealkylation sites (N-methyl/N-ethyl adjacent to an activating group) is 1. The highest BCUT2D eigenvalue weighted by molar-refractivity contribution is 5.21. The van der Waals surface area contributed by atoms with E-state index < -0.39 is 0 Å². The van der Waals surface area contributed by atoms with E-state index in [0.29, 0.717) is 5.88 Å². The third-order valence-electron chi connectivity index (χ3n) is 2.86. The van der Waals surface area contributed by atoms with Crippen LogP contribution < -0.4 is 10.1 Å². The van der Waals surface area contributed by atoms with Crippen LogP contribution in [0.2, 0.25) is 0 Å². The summed E-state index contributed by atoms with van der Waals surface area (Å²) in [4.78, 5) is 8.32. The van der Waals surface area contributed by atoms with Gasteiger partial charge in [0.1, 0.15) is 6.33 Å². The highest BCUT2D eigenvalue weighted by atomic mass is 16.5. The lowest BCUT2D eigenvalue weighted by Gasteiger charge is -2.15. The molecule has 0 aliphatic carbocycles. The van der Waals surface area contributed by atoms with Crippen LogP contribution in [0.15, 0.2) is 42.7 Å². The van der Waals surface area contributed by atoms with Gasteiger partial charge in [-0.2, -0.15) is 0 Å². The van der Waals surface area contributed by atoms with Crippen LogP contribution in [-0.4, -0.2) is 24.1 Å². The van der Waals surface area contributed by atoms with Crippen molar-refractivity contribution in [1.29, 1.82) is 0 Å². The molecule has 0 amide bonds. The van der Waals surface area contributed by atoms with Gasteiger partial charge in [0.25, 0.3) is 0 Å². The molecule has 94 valence electrons. The van der Waals surface area contributed by atoms with Crippen molar-refractivity contribution in [3.63, 3.8) is 0 Å². The fraction of sp³-hybridized carbons (Fsp3) is 0.286. The second kappa shape index (κ2) is 6.12. The molecule has 0 aliphatic heterocycles. The Balaban J connectivity index is 2.17. The number of benzene rings is 1. The highest BCUT2D eigenvalue weighted by Crippen LogP contribution is 2.18. The lowest BCUT2D eigenvalue weighted by molar-refractivity contribution is 0.394. The summed E-state index contributed by atoms with van der Waals surface area (Å²) in [7, 11) is 3.54. The number of ether oxygens (including phenoxy) is 1. The zero-order chi connectivity index (χ0) is 12.8. The summed E-state index contributed by atoms with van der Waals surface area (Å²) in [5.74, 6) is 0.591. The summed E-state index contributed by atoms with van der Waals surface area (Å²) in [6.07, 6.45) is 2.42. The molecular weight excluding hydrogens is 226 g/mol. The Hall–Kier alpha value is -1.94. The molecule has 0 fully saturated rings. The second-order valence-electron chi connectivity index (χ2n) is 4.02. The zero-order valence-corrected chi connectivity index (χ0v) is 10.6. The van der Waals surface area contributed by atoms with Crippen LogP contribution in [0.1, 0.15) is 17.3 Å². The topological polar surface area (TPSA) is 47.0 Å². The van der Waals surface area contributed by atoms with Gasteiger partial charge in [0, 0.05) is 6.07 Å². The van der Waals surface area contributed by atoms with Gasteiger partial charge in [-0.3, -0.25) is 0 Å². The molecule has 1 aromatic carbocycles. The minimum Gasteiger partial charge on any atom is -0.481 e. The van der Waals surface area contributed by atoms with E-state index in [2.05, 4.69) is 27.4 Å². The minimum absolute atomic E-state index is 0.157. The summed E-state index contributed by atoms with van der Waals surface area (Å²) in [6, 6.07) is 12.4. The molecule has 0 radical (unpaired) electrons. The maximum atomic E-state index is 5.12. The van der Waals surface area contributed by atoms with Crippen LogP contribution in [0.3, 0.4) is 0 Å². The molecule has 4 nitrogen and oxygen atoms in total. The van der Waals surface area contributed by atoms with E-state index in [0.717, 1.165) is 12.1 Å². The number of rotatable bonds is 5. The summed E-state index contributed by atoms with van der Waals surface area (Å²) in [5, 5.41) is 3.27. The Labute approximate surface area is 107 Å². The molecule has 1 aromatic heterocycles. The molecule has 1 atom stereocenters. The average Bonchev–Trinajstić information content (AvgIpc) is 2.46. The van der Waals surface area contributed by atoms with Crippen LogP contribution in [0, 0.1) is 0 Å². The van der Waals surface area contributed by atoms with Crippen molar-refractivity contribution in [3.05, 3.63) is 54.0 Å². The molecule has 1 heterocycles. The van der Waals surface area contributed by atoms with Crippen LogP contribution in [0.25, 0.3) is 0 Å². The number of nitrogens with one attached hydrogen (secondary N) is 1. The Morgan fingerprint density at radius 3 is 2.67 bits per heavy atom. The fourth-order valence-electron chi connectivity index (χ4n) is 1.86. The Morgan fingerprint density at radius 2 is 2.00 bits per heavy atom. The molecule has 1 unspecified atom stereocenters. The van der Waals surface area contributed by atoms with Crippen molar-refractivity contribution in [1.82, 2.24) is 15.3 Å². The van der Waals surface area contributed by atoms with Gasteiger partial charge in [0.2, 0.25) is 5.88 Å². The first-order valence-corrected chi connectivity index (χ1v) is 5.90. The molecule has 4 heteroatoms. The normalized spacial score (nSPS) is 12.1. The van der Waals surface area contributed by atoms with Crippen molar-refractivity contribution in [2.75, 3.05) is 14.2 Å². The molecule has 2 aromatic rings. The summed E-state index contributed by atoms with van der Waals surface area (Å²) in [6.45, 7) is 0. The number of hydrogen-bond donors (Lipinski definition) is 1. The van der Waals surface area contributed by atoms with E-state index in [1.165, 1.54) is 11.9 Å². The first-order valence-electron chi connectivity index (χ1n) is 5.90.